The van der Waals surface area contributed by atoms with E-state index in [1.165, 1.54) is 139 Å². The molecule has 22 heterocycles. The highest BCUT2D eigenvalue weighted by Crippen LogP contribution is 2.50. The third-order valence-electron chi connectivity index (χ3n) is 23.1. The Hall–Kier alpha value is -11.7. The fourth-order valence-electron chi connectivity index (χ4n) is 19.1. The number of nitrogens with zero attached hydrogens (tertiary/aromatic N) is 27. The zero-order valence-electron chi connectivity index (χ0n) is 48.5. The van der Waals surface area contributed by atoms with Crippen LogP contribution in [0, 0.1) is 0 Å². The molecule has 16 atom stereocenters. The summed E-state index contributed by atoms with van der Waals surface area (Å²) in [6.45, 7) is -6.06. The summed E-state index contributed by atoms with van der Waals surface area (Å²) in [6.07, 6.45) is -17.8. The van der Waals surface area contributed by atoms with Crippen LogP contribution in [-0.4, -0.2) is 421 Å². The minimum Gasteiger partial charge on any atom is -0.314 e. The Morgan fingerprint density at radius 2 is 0.415 bits per heavy atom. The van der Waals surface area contributed by atoms with Crippen LogP contribution >= 0.6 is 0 Å². The van der Waals surface area contributed by atoms with E-state index in [1.54, 1.807) is 0 Å². The van der Waals surface area contributed by atoms with Gasteiger partial charge in [-0.1, -0.05) is 0 Å². The molecule has 22 fully saturated rings. The average molecular weight is 1310 g/mol. The van der Waals surface area contributed by atoms with Gasteiger partial charge in [0.25, 0.3) is 0 Å². The first-order chi connectivity index (χ1) is 45.2. The van der Waals surface area contributed by atoms with Gasteiger partial charge >= 0.3 is 96.5 Å². The molecule has 0 saturated carbocycles. The molecule has 32 amide bonds. The molecule has 48 nitrogen and oxygen atoms in total. The first kappa shape index (κ1) is 51.0. The van der Waals surface area contributed by atoms with Crippen LogP contribution < -0.4 is 26.6 Å². The van der Waals surface area contributed by atoms with Crippen LogP contribution in [0.1, 0.15) is 0 Å². The van der Waals surface area contributed by atoms with Gasteiger partial charge in [-0.15, -0.1) is 0 Å². The van der Waals surface area contributed by atoms with E-state index in [4.69, 9.17) is 0 Å². The Morgan fingerprint density at radius 3 is 0.681 bits per heavy atom. The van der Waals surface area contributed by atoms with Crippen LogP contribution in [0.5, 0.6) is 0 Å². The monoisotopic (exact) mass is 1310 g/mol. The molecule has 94 heavy (non-hydrogen) atoms. The molecule has 22 rings (SSSR count). The highest BCUT2D eigenvalue weighted by atomic mass is 16.3. The van der Waals surface area contributed by atoms with Crippen molar-refractivity contribution >= 4 is 96.5 Å². The third-order valence-corrected chi connectivity index (χ3v) is 23.1. The smallest absolute Gasteiger partial charge is 0.314 e. The van der Waals surface area contributed by atoms with Gasteiger partial charge in [0.1, 0.15) is 111 Å². The second-order valence-electron chi connectivity index (χ2n) is 26.8. The molecular formula is C46H50N32O16. The van der Waals surface area contributed by atoms with E-state index in [1.807, 2.05) is 0 Å². The van der Waals surface area contributed by atoms with E-state index in [9.17, 15) is 47.9 Å². The molecular weight excluding hydrogens is 1260 g/mol. The number of likely N-dealkylation sites (N-methyl/N-ethyl adjacent to an activating group) is 1. The van der Waals surface area contributed by atoms with Crippen molar-refractivity contribution in [3.8, 4) is 0 Å². The molecule has 0 bridgehead atoms. The van der Waals surface area contributed by atoms with Crippen molar-refractivity contribution in [2.24, 2.45) is 0 Å². The van der Waals surface area contributed by atoms with Crippen molar-refractivity contribution in [1.29, 1.82) is 0 Å². The molecule has 490 valence electrons. The Kier molecular flexibility index (Phi) is 8.47. The molecule has 0 unspecified atom stereocenters. The number of hydrogen-bond donors (Lipinski definition) is 5. The van der Waals surface area contributed by atoms with Crippen LogP contribution in [0.2, 0.25) is 0 Å². The van der Waals surface area contributed by atoms with Crippen LogP contribution in [0.3, 0.4) is 0 Å². The second-order valence-corrected chi connectivity index (χ2v) is 26.8. The topological polar surface area (TPSA) is 421 Å². The lowest BCUT2D eigenvalue weighted by molar-refractivity contribution is -0.0154. The van der Waals surface area contributed by atoms with E-state index in [2.05, 4.69) is 26.6 Å². The standard InChI is InChI=1S/C46H50N32O16/c1-52-16-20-57(33(81)49-16)5-65-24-28-74(41(65)89)14-78-30-26-67(43(91)75(30)13-76(28)44(92)68(24)8-60(20)36(52)84)7-59-22-18(51-35(59)83)54(38(86)62(22)10-70(26)46(78)94)2-53-17-21-58(34(82)50-17)6-66-25-29-73(42(66)90)11-71-27-23-63(39(71)87)3-55-19-15(47-31(55)79)48-32(80)56(19)4-64(23)40(88)72(27)12-77(29)45(93)69(25)9-61(21)37(53)85/h15-30H,2-14H2,1H3,(H,47,79)(H,48,80)(H,49,81)(H,50,82)(H,51,83)/t15-,16+,17+,18+,19+,20-,21-,22-,23-,24+,25+,26+,27+,28-,29-,30-/m0/s1. The van der Waals surface area contributed by atoms with Crippen molar-refractivity contribution in [2.45, 2.75) is 98.7 Å². The van der Waals surface area contributed by atoms with Gasteiger partial charge in [0.15, 0.2) is 74.0 Å². The molecule has 0 aromatic rings. The third kappa shape index (κ3) is 5.32. The number of rotatable bonds is 2. The molecule has 0 spiro atoms. The molecule has 22 aliphatic heterocycles. The number of amides is 32. The highest BCUT2D eigenvalue weighted by molar-refractivity contribution is 5.95. The van der Waals surface area contributed by atoms with Gasteiger partial charge in [0.05, 0.1) is 0 Å². The number of carbonyl (C=O) groups excluding carboxylic acids is 16. The van der Waals surface area contributed by atoms with Crippen molar-refractivity contribution < 1.29 is 76.7 Å². The normalized spacial score (nSPS) is 39.3. The summed E-state index contributed by atoms with van der Waals surface area (Å²) in [5.41, 5.74) is 0. The predicted molar refractivity (Wildman–Crippen MR) is 281 cm³/mol. The molecule has 22 saturated heterocycles. The minimum atomic E-state index is -1.28. The van der Waals surface area contributed by atoms with E-state index >= 15 is 28.8 Å². The summed E-state index contributed by atoms with van der Waals surface area (Å²) >= 11 is 0. The predicted octanol–water partition coefficient (Wildman–Crippen LogP) is -8.40. The summed E-state index contributed by atoms with van der Waals surface area (Å²) in [5, 5.41) is 13.8. The van der Waals surface area contributed by atoms with E-state index in [0.29, 0.717) is 0 Å². The maximum atomic E-state index is 15.3. The summed E-state index contributed by atoms with van der Waals surface area (Å²) in [5.74, 6) is 0. The fraction of sp³-hybridized carbons (Fsp3) is 0.652. The molecule has 22 aliphatic rings. The van der Waals surface area contributed by atoms with Crippen LogP contribution in [0.15, 0.2) is 0 Å². The average Bonchev–Trinajstić information content (AvgIpc) is 1.53. The van der Waals surface area contributed by atoms with E-state index in [0.717, 1.165) is 0 Å². The maximum Gasteiger partial charge on any atom is 0.326 e. The van der Waals surface area contributed by atoms with Gasteiger partial charge < -0.3 is 31.5 Å². The SMILES string of the molecule is CN1C(=O)N2CN3C(=O)N4CN5C(=O)N6CN7C(=O)N[C@H]8[C@@H]7N(CN7C(=O)N(CN9C(=O)N(CN%10C(=O)N[C@H]1[C@@H]%102)[C@H]3[C@@H]94)[C@H]5[C@H]67)C(=O)N8CN1C(=O)N2CN3C(=O)N4CN5C(=O)N6CN7C(=O)N[C@@H]8NC(=O)N(CN9C(=O)N(CN%10C(=O)N(CN%11C(=O)N[C@H]1[C@@H]%112)[C@H]3[C@@H]%104)[C@H]5[C@@H]96)[C@@H]87. The summed E-state index contributed by atoms with van der Waals surface area (Å²) in [7, 11) is 1.51. The van der Waals surface area contributed by atoms with Crippen molar-refractivity contribution in [3.63, 3.8) is 0 Å². The van der Waals surface area contributed by atoms with Gasteiger partial charge in [0.2, 0.25) is 0 Å². The number of urea groups is 16. The van der Waals surface area contributed by atoms with Gasteiger partial charge in [-0.3, -0.25) is 127 Å². The molecule has 0 radical (unpaired) electrons. The van der Waals surface area contributed by atoms with Gasteiger partial charge in [-0.25, -0.2) is 76.7 Å². The van der Waals surface area contributed by atoms with Crippen LogP contribution in [0.4, 0.5) is 76.7 Å². The molecule has 0 aliphatic carbocycles. The molecule has 48 heteroatoms. The van der Waals surface area contributed by atoms with Crippen molar-refractivity contribution in [3.05, 3.63) is 0 Å². The number of carbonyl (C=O) groups is 16. The largest absolute Gasteiger partial charge is 0.326 e. The first-order valence-electron chi connectivity index (χ1n) is 30.3. The maximum absolute atomic E-state index is 15.3. The Balaban J connectivity index is 0.549. The van der Waals surface area contributed by atoms with E-state index in [-0.39, 0.29) is 26.7 Å². The highest BCUT2D eigenvalue weighted by Gasteiger charge is 2.74. The number of hydrogen-bond acceptors (Lipinski definition) is 16. The van der Waals surface area contributed by atoms with Crippen LogP contribution in [-0.2, 0) is 0 Å². The van der Waals surface area contributed by atoms with Crippen molar-refractivity contribution in [1.82, 2.24) is 159 Å². The zero-order valence-corrected chi connectivity index (χ0v) is 48.5. The molecule has 0 aromatic carbocycles. The fourth-order valence-corrected chi connectivity index (χ4v) is 19.1. The zero-order chi connectivity index (χ0) is 63.8. The van der Waals surface area contributed by atoms with Gasteiger partial charge in [-0.05, 0) is 0 Å². The lowest BCUT2D eigenvalue weighted by atomic mass is 10.3. The lowest BCUT2D eigenvalue weighted by Gasteiger charge is -2.42. The number of nitrogens with one attached hydrogen (secondary N) is 5. The molecule has 0 aromatic heterocycles. The summed E-state index contributed by atoms with van der Waals surface area (Å²) in [4.78, 5) is 267. The Labute approximate surface area is 523 Å². The van der Waals surface area contributed by atoms with Gasteiger partial charge in [-0.2, -0.15) is 0 Å². The van der Waals surface area contributed by atoms with E-state index < -0.39 is 255 Å². The van der Waals surface area contributed by atoms with Gasteiger partial charge in [0, 0.05) is 7.05 Å². The minimum absolute atomic E-state index is 0.331. The second kappa shape index (κ2) is 15.6. The quantitative estimate of drug-likeness (QED) is 0.171. The summed E-state index contributed by atoms with van der Waals surface area (Å²) < 4.78 is 0. The van der Waals surface area contributed by atoms with Crippen LogP contribution in [0.25, 0.3) is 0 Å². The molecule has 5 N–H and O–H groups in total. The Morgan fingerprint density at radius 1 is 0.223 bits per heavy atom. The lowest BCUT2D eigenvalue weighted by Crippen LogP contribution is -2.63. The Bertz CT molecular complexity index is 3930. The van der Waals surface area contributed by atoms with Crippen molar-refractivity contribution in [2.75, 3.05) is 93.7 Å². The first-order valence-corrected chi connectivity index (χ1v) is 30.3. The summed E-state index contributed by atoms with van der Waals surface area (Å²) in [6, 6.07) is -10.8.